The molecule has 3 rings (SSSR count). The van der Waals surface area contributed by atoms with E-state index >= 15 is 0 Å². The highest BCUT2D eigenvalue weighted by atomic mass is 16.2. The fourth-order valence-corrected chi connectivity index (χ4v) is 3.31. The number of nitrogens with zero attached hydrogens (tertiary/aromatic N) is 2. The third-order valence-corrected chi connectivity index (χ3v) is 4.76. The molecule has 0 saturated carbocycles. The lowest BCUT2D eigenvalue weighted by atomic mass is 10.1. The quantitative estimate of drug-likeness (QED) is 0.552. The van der Waals surface area contributed by atoms with Crippen LogP contribution in [-0.2, 0) is 9.59 Å². The van der Waals surface area contributed by atoms with Crippen molar-refractivity contribution in [2.75, 3.05) is 11.9 Å². The van der Waals surface area contributed by atoms with Crippen LogP contribution in [0, 0.1) is 6.92 Å². The molecule has 2 amide bonds. The zero-order valence-electron chi connectivity index (χ0n) is 17.5. The van der Waals surface area contributed by atoms with Crippen LogP contribution >= 0.6 is 0 Å². The Balaban J connectivity index is 1.81. The molecule has 1 aromatic heterocycles. The first kappa shape index (κ1) is 21.3. The Labute approximate surface area is 177 Å². The summed E-state index contributed by atoms with van der Waals surface area (Å²) < 4.78 is 1.77. The fraction of sp³-hybridized carbons (Fsp3) is 0.292. The fourth-order valence-electron chi connectivity index (χ4n) is 3.31. The number of carbonyl (C=O) groups is 2. The second-order valence-electron chi connectivity index (χ2n) is 7.17. The number of hydrogen-bond donors (Lipinski definition) is 2. The number of benzene rings is 2. The lowest BCUT2D eigenvalue weighted by molar-refractivity contribution is -0.121. The number of rotatable bonds is 9. The zero-order chi connectivity index (χ0) is 21.3. The van der Waals surface area contributed by atoms with Crippen molar-refractivity contribution >= 4 is 17.6 Å². The lowest BCUT2D eigenvalue weighted by Gasteiger charge is -2.12. The van der Waals surface area contributed by atoms with E-state index in [1.165, 1.54) is 0 Å². The first-order valence-corrected chi connectivity index (χ1v) is 10.4. The minimum Gasteiger partial charge on any atom is -0.356 e. The molecule has 0 bridgehead atoms. The van der Waals surface area contributed by atoms with Crippen LogP contribution in [0.4, 0.5) is 5.82 Å². The minimum atomic E-state index is -0.132. The summed E-state index contributed by atoms with van der Waals surface area (Å²) in [7, 11) is 0. The van der Waals surface area contributed by atoms with E-state index in [1.807, 2.05) is 74.5 Å². The van der Waals surface area contributed by atoms with Crippen molar-refractivity contribution in [3.05, 3.63) is 66.4 Å². The average molecular weight is 405 g/mol. The third kappa shape index (κ3) is 5.35. The molecule has 156 valence electrons. The Morgan fingerprint density at radius 2 is 1.57 bits per heavy atom. The molecule has 3 aromatic rings. The topological polar surface area (TPSA) is 76.0 Å². The van der Waals surface area contributed by atoms with Crippen LogP contribution in [0.25, 0.3) is 16.8 Å². The molecule has 0 spiro atoms. The van der Waals surface area contributed by atoms with Crippen LogP contribution in [0.1, 0.15) is 38.3 Å². The van der Waals surface area contributed by atoms with Gasteiger partial charge in [-0.2, -0.15) is 5.10 Å². The van der Waals surface area contributed by atoms with Gasteiger partial charge < -0.3 is 10.6 Å². The Morgan fingerprint density at radius 3 is 2.23 bits per heavy atom. The van der Waals surface area contributed by atoms with Crippen molar-refractivity contribution in [2.24, 2.45) is 0 Å². The molecule has 6 nitrogen and oxygen atoms in total. The maximum atomic E-state index is 12.7. The number of carbonyl (C=O) groups excluding carboxylic acids is 2. The van der Waals surface area contributed by atoms with Crippen molar-refractivity contribution in [3.8, 4) is 16.8 Å². The van der Waals surface area contributed by atoms with Gasteiger partial charge in [-0.15, -0.1) is 0 Å². The monoisotopic (exact) mass is 404 g/mol. The summed E-state index contributed by atoms with van der Waals surface area (Å²) in [4.78, 5) is 24.5. The Kier molecular flexibility index (Phi) is 7.38. The normalized spacial score (nSPS) is 10.6. The predicted octanol–water partition coefficient (Wildman–Crippen LogP) is 4.48. The summed E-state index contributed by atoms with van der Waals surface area (Å²) in [6, 6.07) is 19.6. The molecule has 6 heteroatoms. The Bertz CT molecular complexity index is 981. The van der Waals surface area contributed by atoms with Gasteiger partial charge in [0.2, 0.25) is 11.8 Å². The molecule has 0 aliphatic rings. The number of para-hydroxylation sites is 1. The van der Waals surface area contributed by atoms with Gasteiger partial charge in [0, 0.05) is 24.9 Å². The average Bonchev–Trinajstić information content (AvgIpc) is 3.09. The highest BCUT2D eigenvalue weighted by Crippen LogP contribution is 2.33. The van der Waals surface area contributed by atoms with Crippen molar-refractivity contribution in [2.45, 2.75) is 39.5 Å². The van der Waals surface area contributed by atoms with E-state index in [2.05, 4.69) is 10.6 Å². The van der Waals surface area contributed by atoms with Gasteiger partial charge >= 0.3 is 0 Å². The van der Waals surface area contributed by atoms with Crippen molar-refractivity contribution in [3.63, 3.8) is 0 Å². The summed E-state index contributed by atoms with van der Waals surface area (Å²) >= 11 is 0. The number of anilines is 1. The SMILES string of the molecule is CCCNC(=O)CCCC(=O)Nc1c(-c2ccccc2)c(C)nn1-c1ccccc1. The van der Waals surface area contributed by atoms with E-state index in [0.29, 0.717) is 25.2 Å². The number of nitrogens with one attached hydrogen (secondary N) is 2. The molecular weight excluding hydrogens is 376 g/mol. The second kappa shape index (κ2) is 10.4. The standard InChI is InChI=1S/C24H28N4O2/c1-3-17-25-21(29)15-10-16-22(30)26-24-23(19-11-6-4-7-12-19)18(2)27-28(24)20-13-8-5-9-14-20/h4-9,11-14H,3,10,15-17H2,1-2H3,(H,25,29)(H,26,30). The van der Waals surface area contributed by atoms with E-state index < -0.39 is 0 Å². The van der Waals surface area contributed by atoms with E-state index in [4.69, 9.17) is 5.10 Å². The molecule has 0 fully saturated rings. The molecule has 2 N–H and O–H groups in total. The second-order valence-corrected chi connectivity index (χ2v) is 7.17. The smallest absolute Gasteiger partial charge is 0.225 e. The molecule has 30 heavy (non-hydrogen) atoms. The van der Waals surface area contributed by atoms with Crippen molar-refractivity contribution < 1.29 is 9.59 Å². The van der Waals surface area contributed by atoms with Gasteiger partial charge in [-0.3, -0.25) is 9.59 Å². The first-order valence-electron chi connectivity index (χ1n) is 10.4. The summed E-state index contributed by atoms with van der Waals surface area (Å²) in [5.41, 5.74) is 3.59. The van der Waals surface area contributed by atoms with Crippen molar-refractivity contribution in [1.29, 1.82) is 0 Å². The van der Waals surface area contributed by atoms with Gasteiger partial charge in [0.1, 0.15) is 5.82 Å². The van der Waals surface area contributed by atoms with Crippen LogP contribution in [0.2, 0.25) is 0 Å². The Morgan fingerprint density at radius 1 is 0.933 bits per heavy atom. The molecular formula is C24H28N4O2. The van der Waals surface area contributed by atoms with Crippen LogP contribution in [0.3, 0.4) is 0 Å². The van der Waals surface area contributed by atoms with Crippen LogP contribution < -0.4 is 10.6 Å². The highest BCUT2D eigenvalue weighted by molar-refractivity contribution is 5.95. The molecule has 1 heterocycles. The summed E-state index contributed by atoms with van der Waals surface area (Å²) in [6.45, 7) is 4.62. The number of aromatic nitrogens is 2. The summed E-state index contributed by atoms with van der Waals surface area (Å²) in [5, 5.41) is 10.6. The summed E-state index contributed by atoms with van der Waals surface area (Å²) in [6.07, 6.45) is 2.01. The predicted molar refractivity (Wildman–Crippen MR) is 120 cm³/mol. The maximum absolute atomic E-state index is 12.7. The number of amides is 2. The molecule has 0 unspecified atom stereocenters. The first-order chi connectivity index (χ1) is 14.6. The van der Waals surface area contributed by atoms with Gasteiger partial charge in [-0.1, -0.05) is 55.5 Å². The minimum absolute atomic E-state index is 0.0141. The lowest BCUT2D eigenvalue weighted by Crippen LogP contribution is -2.24. The van der Waals surface area contributed by atoms with Gasteiger partial charge in [0.05, 0.1) is 11.4 Å². The van der Waals surface area contributed by atoms with Gasteiger partial charge in [-0.05, 0) is 37.5 Å². The summed E-state index contributed by atoms with van der Waals surface area (Å²) in [5.74, 6) is 0.498. The van der Waals surface area contributed by atoms with Crippen LogP contribution in [0.15, 0.2) is 60.7 Å². The molecule has 0 radical (unpaired) electrons. The number of aryl methyl sites for hydroxylation is 1. The van der Waals surface area contributed by atoms with Gasteiger partial charge in [0.25, 0.3) is 0 Å². The van der Waals surface area contributed by atoms with E-state index in [0.717, 1.165) is 28.9 Å². The molecule has 0 aliphatic heterocycles. The van der Waals surface area contributed by atoms with Crippen LogP contribution in [0.5, 0.6) is 0 Å². The third-order valence-electron chi connectivity index (χ3n) is 4.76. The van der Waals surface area contributed by atoms with E-state index in [-0.39, 0.29) is 18.2 Å². The molecule has 0 aliphatic carbocycles. The maximum Gasteiger partial charge on any atom is 0.225 e. The van der Waals surface area contributed by atoms with E-state index in [9.17, 15) is 9.59 Å². The van der Waals surface area contributed by atoms with Gasteiger partial charge in [0.15, 0.2) is 0 Å². The van der Waals surface area contributed by atoms with Crippen LogP contribution in [-0.4, -0.2) is 28.1 Å². The molecule has 0 saturated heterocycles. The van der Waals surface area contributed by atoms with Crippen molar-refractivity contribution in [1.82, 2.24) is 15.1 Å². The molecule has 2 aromatic carbocycles. The Hall–Kier alpha value is -3.41. The number of hydrogen-bond acceptors (Lipinski definition) is 3. The molecule has 0 atom stereocenters. The highest BCUT2D eigenvalue weighted by Gasteiger charge is 2.20. The van der Waals surface area contributed by atoms with Gasteiger partial charge in [-0.25, -0.2) is 4.68 Å². The largest absolute Gasteiger partial charge is 0.356 e. The zero-order valence-corrected chi connectivity index (χ0v) is 17.5. The van der Waals surface area contributed by atoms with E-state index in [1.54, 1.807) is 4.68 Å².